The van der Waals surface area contributed by atoms with Gasteiger partial charge in [0.25, 0.3) is 0 Å². The van der Waals surface area contributed by atoms with Gasteiger partial charge in [0.1, 0.15) is 12.3 Å². The fourth-order valence-corrected chi connectivity index (χ4v) is 3.06. The van der Waals surface area contributed by atoms with Crippen molar-refractivity contribution in [3.63, 3.8) is 0 Å². The van der Waals surface area contributed by atoms with Gasteiger partial charge < -0.3 is 13.9 Å². The van der Waals surface area contributed by atoms with Crippen LogP contribution in [0.3, 0.4) is 0 Å². The molecule has 2 aromatic heterocycles. The number of benzene rings is 2. The van der Waals surface area contributed by atoms with E-state index in [9.17, 15) is 14.7 Å². The van der Waals surface area contributed by atoms with Gasteiger partial charge in [-0.2, -0.15) is 10.2 Å². The third kappa shape index (κ3) is 2.37. The first-order valence-electron chi connectivity index (χ1n) is 8.09. The summed E-state index contributed by atoms with van der Waals surface area (Å²) >= 11 is 0. The van der Waals surface area contributed by atoms with Gasteiger partial charge in [0.15, 0.2) is 17.0 Å². The molecule has 0 saturated carbocycles. The van der Waals surface area contributed by atoms with Crippen molar-refractivity contribution >= 4 is 16.9 Å². The second-order valence-corrected chi connectivity index (χ2v) is 5.91. The average Bonchev–Trinajstić information content (AvgIpc) is 3.40. The monoisotopic (exact) mass is 378 g/mol. The van der Waals surface area contributed by atoms with Gasteiger partial charge in [0.05, 0.1) is 17.0 Å². The Hall–Kier alpha value is -4.28. The lowest BCUT2D eigenvalue weighted by Crippen LogP contribution is -2.19. The van der Waals surface area contributed by atoms with Crippen LogP contribution in [0.5, 0.6) is 5.75 Å². The van der Waals surface area contributed by atoms with Crippen LogP contribution in [0.25, 0.3) is 28.2 Å². The molecule has 0 fully saturated rings. The zero-order valence-corrected chi connectivity index (χ0v) is 14.0. The Kier molecular flexibility index (Phi) is 3.34. The Bertz CT molecular complexity index is 1400. The first-order valence-corrected chi connectivity index (χ1v) is 8.09. The molecule has 4 aromatic rings. The topological polar surface area (TPSA) is 151 Å². The molecule has 0 bridgehead atoms. The van der Waals surface area contributed by atoms with Crippen LogP contribution < -0.4 is 11.5 Å². The molecule has 0 atom stereocenters. The molecule has 1 aliphatic heterocycles. The average molecular weight is 378 g/mol. The molecule has 2 aromatic carbocycles. The summed E-state index contributed by atoms with van der Waals surface area (Å²) in [6.45, 7) is 0.288. The van der Waals surface area contributed by atoms with Crippen LogP contribution in [-0.4, -0.2) is 32.1 Å². The number of hydrogen-bond acceptors (Lipinski definition) is 9. The lowest BCUT2D eigenvalue weighted by molar-refractivity contribution is 0.409. The Morgan fingerprint density at radius 2 is 1.86 bits per heavy atom. The summed E-state index contributed by atoms with van der Waals surface area (Å²) in [5.41, 5.74) is 1.57. The van der Waals surface area contributed by atoms with E-state index < -0.39 is 11.5 Å². The van der Waals surface area contributed by atoms with E-state index in [0.29, 0.717) is 17.0 Å². The van der Waals surface area contributed by atoms with Gasteiger partial charge in [-0.05, 0) is 17.4 Å². The van der Waals surface area contributed by atoms with E-state index >= 15 is 0 Å². The summed E-state index contributed by atoms with van der Waals surface area (Å²) < 4.78 is 11.1. The highest BCUT2D eigenvalue weighted by Gasteiger charge is 2.22. The van der Waals surface area contributed by atoms with Gasteiger partial charge in [-0.15, -0.1) is 5.10 Å². The molecule has 0 aliphatic carbocycles. The lowest BCUT2D eigenvalue weighted by atomic mass is 10.1. The third-order valence-electron chi connectivity index (χ3n) is 4.27. The SMILES string of the molecule is O=c1oc2cc(O)c(-c3n[nH]c(=O)n3-c3ccccc3C3=NN=NC3)cc2o1. The Labute approximate surface area is 154 Å². The summed E-state index contributed by atoms with van der Waals surface area (Å²) in [5.74, 6) is -1.02. The number of hydrogen-bond donors (Lipinski definition) is 2. The summed E-state index contributed by atoms with van der Waals surface area (Å²) in [5, 5.41) is 28.3. The zero-order chi connectivity index (χ0) is 19.3. The number of fused-ring (bicyclic) bond motifs is 1. The first-order chi connectivity index (χ1) is 13.6. The minimum Gasteiger partial charge on any atom is -0.507 e. The molecule has 5 rings (SSSR count). The molecule has 0 amide bonds. The molecular formula is C17H10N6O5. The van der Waals surface area contributed by atoms with Crippen LogP contribution in [0.2, 0.25) is 0 Å². The zero-order valence-electron chi connectivity index (χ0n) is 14.0. The van der Waals surface area contributed by atoms with Crippen molar-refractivity contribution in [2.75, 3.05) is 6.54 Å². The van der Waals surface area contributed by atoms with E-state index in [1.54, 1.807) is 24.3 Å². The van der Waals surface area contributed by atoms with Crippen LogP contribution in [0.4, 0.5) is 0 Å². The minimum atomic E-state index is -0.900. The van der Waals surface area contributed by atoms with Crippen LogP contribution in [0.15, 0.2) is 70.3 Å². The number of para-hydroxylation sites is 1. The van der Waals surface area contributed by atoms with E-state index in [4.69, 9.17) is 8.83 Å². The summed E-state index contributed by atoms with van der Waals surface area (Å²) in [6.07, 6.45) is 0. The van der Waals surface area contributed by atoms with Crippen LogP contribution >= 0.6 is 0 Å². The number of aromatic amines is 1. The second-order valence-electron chi connectivity index (χ2n) is 5.91. The van der Waals surface area contributed by atoms with Crippen LogP contribution in [-0.2, 0) is 0 Å². The maximum absolute atomic E-state index is 12.5. The normalized spacial score (nSPS) is 13.4. The van der Waals surface area contributed by atoms with Crippen molar-refractivity contribution in [3.05, 3.63) is 63.1 Å². The van der Waals surface area contributed by atoms with Crippen molar-refractivity contribution in [3.8, 4) is 22.8 Å². The summed E-state index contributed by atoms with van der Waals surface area (Å²) in [4.78, 5) is 23.9. The van der Waals surface area contributed by atoms with E-state index in [2.05, 4.69) is 25.6 Å². The predicted octanol–water partition coefficient (Wildman–Crippen LogP) is 1.80. The number of phenols is 1. The van der Waals surface area contributed by atoms with E-state index in [0.717, 1.165) is 0 Å². The number of aromatic hydroxyl groups is 1. The quantitative estimate of drug-likeness (QED) is 0.554. The Balaban J connectivity index is 1.76. The lowest BCUT2D eigenvalue weighted by Gasteiger charge is -2.11. The Morgan fingerprint density at radius 3 is 2.64 bits per heavy atom. The van der Waals surface area contributed by atoms with Crippen molar-refractivity contribution in [1.82, 2.24) is 14.8 Å². The van der Waals surface area contributed by atoms with Gasteiger partial charge in [0.2, 0.25) is 0 Å². The molecule has 0 saturated heterocycles. The van der Waals surface area contributed by atoms with Gasteiger partial charge >= 0.3 is 11.5 Å². The predicted molar refractivity (Wildman–Crippen MR) is 95.9 cm³/mol. The second kappa shape index (κ2) is 5.87. The van der Waals surface area contributed by atoms with E-state index in [1.165, 1.54) is 16.7 Å². The van der Waals surface area contributed by atoms with Gasteiger partial charge in [-0.3, -0.25) is 0 Å². The maximum Gasteiger partial charge on any atom is 0.519 e. The smallest absolute Gasteiger partial charge is 0.507 e. The molecular weight excluding hydrogens is 368 g/mol. The molecule has 11 nitrogen and oxygen atoms in total. The first kappa shape index (κ1) is 15.9. The molecule has 11 heteroatoms. The van der Waals surface area contributed by atoms with Crippen molar-refractivity contribution < 1.29 is 13.9 Å². The van der Waals surface area contributed by atoms with Gasteiger partial charge in [-0.25, -0.2) is 19.3 Å². The molecule has 0 unspecified atom stereocenters. The van der Waals surface area contributed by atoms with E-state index in [-0.39, 0.29) is 34.8 Å². The highest BCUT2D eigenvalue weighted by Crippen LogP contribution is 2.33. The summed E-state index contributed by atoms with van der Waals surface area (Å²) in [6, 6.07) is 9.65. The van der Waals surface area contributed by atoms with Crippen LogP contribution in [0.1, 0.15) is 5.56 Å². The molecule has 3 heterocycles. The molecule has 1 aliphatic rings. The molecule has 28 heavy (non-hydrogen) atoms. The van der Waals surface area contributed by atoms with Crippen molar-refractivity contribution in [2.24, 2.45) is 15.4 Å². The number of nitrogens with one attached hydrogen (secondary N) is 1. The molecule has 2 N–H and O–H groups in total. The fourth-order valence-electron chi connectivity index (χ4n) is 3.06. The number of H-pyrrole nitrogens is 1. The highest BCUT2D eigenvalue weighted by atomic mass is 16.6. The van der Waals surface area contributed by atoms with E-state index in [1.807, 2.05) is 0 Å². The fraction of sp³-hybridized carbons (Fsp3) is 0.0588. The van der Waals surface area contributed by atoms with Gasteiger partial charge in [-0.1, -0.05) is 18.2 Å². The summed E-state index contributed by atoms with van der Waals surface area (Å²) in [7, 11) is 0. The van der Waals surface area contributed by atoms with Crippen LogP contribution in [0, 0.1) is 0 Å². The number of rotatable bonds is 3. The van der Waals surface area contributed by atoms with Crippen molar-refractivity contribution in [2.45, 2.75) is 0 Å². The third-order valence-corrected chi connectivity index (χ3v) is 4.27. The molecule has 0 radical (unpaired) electrons. The molecule has 138 valence electrons. The molecule has 0 spiro atoms. The number of aromatic nitrogens is 3. The Morgan fingerprint density at radius 1 is 1.07 bits per heavy atom. The largest absolute Gasteiger partial charge is 0.519 e. The number of nitrogens with zero attached hydrogens (tertiary/aromatic N) is 5. The highest BCUT2D eigenvalue weighted by molar-refractivity contribution is 6.05. The maximum atomic E-state index is 12.5. The minimum absolute atomic E-state index is 0.0830. The standard InChI is InChI=1S/C17H10N6O5/c24-12-6-14-13(27-17(26)28-14)5-9(12)15-20-21-16(25)23(15)11-4-2-1-3-8(11)10-7-18-22-19-10/h1-6,24H,7H2,(H,21,25). The number of phenolic OH excluding ortho intramolecular Hbond substituents is 1. The van der Waals surface area contributed by atoms with Gasteiger partial charge in [0, 0.05) is 11.6 Å². The van der Waals surface area contributed by atoms with Crippen molar-refractivity contribution in [1.29, 1.82) is 0 Å².